The highest BCUT2D eigenvalue weighted by atomic mass is 16.5. The predicted octanol–water partition coefficient (Wildman–Crippen LogP) is 2.85. The van der Waals surface area contributed by atoms with E-state index in [4.69, 9.17) is 4.74 Å². The first-order chi connectivity index (χ1) is 11.3. The third-order valence-corrected chi connectivity index (χ3v) is 3.98. The molecule has 1 aliphatic rings. The van der Waals surface area contributed by atoms with Crippen LogP contribution in [0.5, 0.6) is 5.75 Å². The number of hydrazone groups is 1. The van der Waals surface area contributed by atoms with Gasteiger partial charge in [-0.2, -0.15) is 5.10 Å². The SMILES string of the molecule is CN1CCN(N=Cc2ccc(OCc3ccccc3)cc2)CC1. The smallest absolute Gasteiger partial charge is 0.119 e. The highest BCUT2D eigenvalue weighted by Gasteiger charge is 2.10. The molecule has 120 valence electrons. The highest BCUT2D eigenvalue weighted by Crippen LogP contribution is 2.13. The van der Waals surface area contributed by atoms with Crippen LogP contribution in [-0.4, -0.2) is 49.4 Å². The van der Waals surface area contributed by atoms with Crippen molar-refractivity contribution in [2.75, 3.05) is 33.2 Å². The summed E-state index contributed by atoms with van der Waals surface area (Å²) in [4.78, 5) is 2.32. The van der Waals surface area contributed by atoms with Crippen LogP contribution in [0.3, 0.4) is 0 Å². The third-order valence-electron chi connectivity index (χ3n) is 3.98. The molecule has 0 radical (unpaired) electrons. The number of rotatable bonds is 5. The van der Waals surface area contributed by atoms with E-state index < -0.39 is 0 Å². The average Bonchev–Trinajstić information content (AvgIpc) is 2.61. The van der Waals surface area contributed by atoms with E-state index in [0.717, 1.165) is 37.5 Å². The monoisotopic (exact) mass is 309 g/mol. The molecule has 0 amide bonds. The molecule has 4 heteroatoms. The largest absolute Gasteiger partial charge is 0.489 e. The van der Waals surface area contributed by atoms with Crippen molar-refractivity contribution in [2.24, 2.45) is 5.10 Å². The summed E-state index contributed by atoms with van der Waals surface area (Å²) in [6.07, 6.45) is 1.92. The summed E-state index contributed by atoms with van der Waals surface area (Å²) >= 11 is 0. The molecule has 1 aliphatic heterocycles. The molecule has 1 heterocycles. The fraction of sp³-hybridized carbons (Fsp3) is 0.316. The second-order valence-corrected chi connectivity index (χ2v) is 5.84. The normalized spacial score (nSPS) is 16.0. The molecule has 0 atom stereocenters. The first kappa shape index (κ1) is 15.6. The Morgan fingerprint density at radius 2 is 1.65 bits per heavy atom. The van der Waals surface area contributed by atoms with Crippen molar-refractivity contribution >= 4 is 6.21 Å². The van der Waals surface area contributed by atoms with Gasteiger partial charge in [0.15, 0.2) is 0 Å². The zero-order valence-corrected chi connectivity index (χ0v) is 13.6. The molecular weight excluding hydrogens is 286 g/mol. The maximum Gasteiger partial charge on any atom is 0.119 e. The Labute approximate surface area is 138 Å². The van der Waals surface area contributed by atoms with Crippen molar-refractivity contribution in [1.29, 1.82) is 0 Å². The van der Waals surface area contributed by atoms with E-state index in [1.165, 1.54) is 5.56 Å². The summed E-state index contributed by atoms with van der Waals surface area (Å²) in [6.45, 7) is 4.72. The Balaban J connectivity index is 1.50. The lowest BCUT2D eigenvalue weighted by atomic mass is 10.2. The minimum absolute atomic E-state index is 0.593. The van der Waals surface area contributed by atoms with Gasteiger partial charge in [-0.05, 0) is 42.4 Å². The molecule has 0 unspecified atom stereocenters. The number of likely N-dealkylation sites (N-methyl/N-ethyl adjacent to an activating group) is 1. The van der Waals surface area contributed by atoms with Gasteiger partial charge in [0.25, 0.3) is 0 Å². The summed E-state index contributed by atoms with van der Waals surface area (Å²) in [5.41, 5.74) is 2.27. The Morgan fingerprint density at radius 3 is 2.35 bits per heavy atom. The van der Waals surface area contributed by atoms with Crippen LogP contribution in [0.1, 0.15) is 11.1 Å². The molecule has 1 fully saturated rings. The van der Waals surface area contributed by atoms with Crippen LogP contribution in [0.4, 0.5) is 0 Å². The van der Waals surface area contributed by atoms with Crippen LogP contribution in [0.25, 0.3) is 0 Å². The first-order valence-corrected chi connectivity index (χ1v) is 8.04. The van der Waals surface area contributed by atoms with Gasteiger partial charge in [0.2, 0.25) is 0 Å². The maximum atomic E-state index is 5.79. The fourth-order valence-electron chi connectivity index (χ4n) is 2.45. The van der Waals surface area contributed by atoms with Gasteiger partial charge in [-0.1, -0.05) is 30.3 Å². The molecule has 0 aromatic heterocycles. The van der Waals surface area contributed by atoms with Gasteiger partial charge >= 0.3 is 0 Å². The maximum absolute atomic E-state index is 5.79. The zero-order valence-electron chi connectivity index (χ0n) is 13.6. The highest BCUT2D eigenvalue weighted by molar-refractivity contribution is 5.79. The molecule has 0 aliphatic carbocycles. The van der Waals surface area contributed by atoms with E-state index >= 15 is 0 Å². The molecule has 3 rings (SSSR count). The van der Waals surface area contributed by atoms with Gasteiger partial charge in [-0.25, -0.2) is 0 Å². The number of hydrogen-bond acceptors (Lipinski definition) is 4. The number of nitrogens with zero attached hydrogens (tertiary/aromatic N) is 3. The molecule has 2 aromatic carbocycles. The molecule has 0 N–H and O–H groups in total. The topological polar surface area (TPSA) is 28.1 Å². The zero-order chi connectivity index (χ0) is 15.9. The molecule has 1 saturated heterocycles. The lowest BCUT2D eigenvalue weighted by Crippen LogP contribution is -2.41. The molecule has 0 saturated carbocycles. The van der Waals surface area contributed by atoms with Gasteiger partial charge in [0.05, 0.1) is 6.21 Å². The summed E-state index contributed by atoms with van der Waals surface area (Å²) in [5.74, 6) is 0.880. The molecule has 0 spiro atoms. The van der Waals surface area contributed by atoms with Gasteiger partial charge in [0.1, 0.15) is 12.4 Å². The molecule has 2 aromatic rings. The number of piperazine rings is 1. The second-order valence-electron chi connectivity index (χ2n) is 5.84. The van der Waals surface area contributed by atoms with E-state index in [1.54, 1.807) is 0 Å². The number of ether oxygens (including phenoxy) is 1. The Hall–Kier alpha value is -2.33. The van der Waals surface area contributed by atoms with Gasteiger partial charge < -0.3 is 9.64 Å². The first-order valence-electron chi connectivity index (χ1n) is 8.04. The van der Waals surface area contributed by atoms with Crippen LogP contribution < -0.4 is 4.74 Å². The second kappa shape index (κ2) is 7.79. The van der Waals surface area contributed by atoms with Crippen LogP contribution in [-0.2, 0) is 6.61 Å². The van der Waals surface area contributed by atoms with Gasteiger partial charge in [-0.15, -0.1) is 0 Å². The predicted molar refractivity (Wildman–Crippen MR) is 93.9 cm³/mol. The van der Waals surface area contributed by atoms with E-state index in [1.807, 2.05) is 48.7 Å². The third kappa shape index (κ3) is 4.83. The fourth-order valence-corrected chi connectivity index (χ4v) is 2.45. The van der Waals surface area contributed by atoms with Crippen molar-refractivity contribution in [3.05, 3.63) is 65.7 Å². The van der Waals surface area contributed by atoms with Crippen LogP contribution in [0.2, 0.25) is 0 Å². The van der Waals surface area contributed by atoms with Crippen LogP contribution in [0.15, 0.2) is 59.7 Å². The van der Waals surface area contributed by atoms with Gasteiger partial charge in [0, 0.05) is 26.2 Å². The summed E-state index contributed by atoms with van der Waals surface area (Å²) < 4.78 is 5.79. The number of hydrogen-bond donors (Lipinski definition) is 0. The molecule has 0 bridgehead atoms. The Bertz CT molecular complexity index is 617. The van der Waals surface area contributed by atoms with Crippen LogP contribution in [0, 0.1) is 0 Å². The van der Waals surface area contributed by atoms with Crippen molar-refractivity contribution in [3.63, 3.8) is 0 Å². The van der Waals surface area contributed by atoms with Crippen molar-refractivity contribution in [1.82, 2.24) is 9.91 Å². The van der Waals surface area contributed by atoms with E-state index in [9.17, 15) is 0 Å². The van der Waals surface area contributed by atoms with Crippen LogP contribution >= 0.6 is 0 Å². The summed E-state index contributed by atoms with van der Waals surface area (Å²) in [7, 11) is 2.15. The van der Waals surface area contributed by atoms with Crippen molar-refractivity contribution in [3.8, 4) is 5.75 Å². The molecule has 4 nitrogen and oxygen atoms in total. The van der Waals surface area contributed by atoms with Crippen molar-refractivity contribution in [2.45, 2.75) is 6.61 Å². The molecular formula is C19H23N3O. The standard InChI is InChI=1S/C19H23N3O/c1-21-11-13-22(14-12-21)20-15-17-7-9-19(10-8-17)23-16-18-5-3-2-4-6-18/h2-10,15H,11-14,16H2,1H3. The Morgan fingerprint density at radius 1 is 0.957 bits per heavy atom. The summed E-state index contributed by atoms with van der Waals surface area (Å²) in [6, 6.07) is 18.3. The Kier molecular flexibility index (Phi) is 5.27. The summed E-state index contributed by atoms with van der Waals surface area (Å²) in [5, 5.41) is 6.68. The number of benzene rings is 2. The molecule has 23 heavy (non-hydrogen) atoms. The lowest BCUT2D eigenvalue weighted by Gasteiger charge is -2.30. The average molecular weight is 309 g/mol. The minimum atomic E-state index is 0.593. The van der Waals surface area contributed by atoms with Gasteiger partial charge in [-0.3, -0.25) is 5.01 Å². The van der Waals surface area contributed by atoms with Crippen molar-refractivity contribution < 1.29 is 4.74 Å². The van der Waals surface area contributed by atoms with E-state index in [-0.39, 0.29) is 0 Å². The lowest BCUT2D eigenvalue weighted by molar-refractivity contribution is 0.159. The quantitative estimate of drug-likeness (QED) is 0.795. The van der Waals surface area contributed by atoms with E-state index in [2.05, 4.69) is 34.2 Å². The minimum Gasteiger partial charge on any atom is -0.489 e. The van der Waals surface area contributed by atoms with E-state index in [0.29, 0.717) is 6.61 Å².